The molecule has 0 unspecified atom stereocenters. The molecule has 0 amide bonds. The van der Waals surface area contributed by atoms with Crippen molar-refractivity contribution in [3.05, 3.63) is 30.1 Å². The maximum Gasteiger partial charge on any atom is 0.243 e. The number of halogens is 1. The van der Waals surface area contributed by atoms with Gasteiger partial charge in [0.05, 0.1) is 11.5 Å². The third-order valence-corrected chi connectivity index (χ3v) is 7.58. The summed E-state index contributed by atoms with van der Waals surface area (Å²) in [5.74, 6) is -0.525. The quantitative estimate of drug-likeness (QED) is 0.829. The third kappa shape index (κ3) is 3.10. The number of hydrogen-bond donors (Lipinski definition) is 0. The normalized spacial score (nSPS) is 25.4. The first kappa shape index (κ1) is 17.8. The summed E-state index contributed by atoms with van der Waals surface area (Å²) >= 11 is 0. The van der Waals surface area contributed by atoms with Gasteiger partial charge in [-0.05, 0) is 50.9 Å². The van der Waals surface area contributed by atoms with Crippen molar-refractivity contribution in [2.75, 3.05) is 33.9 Å². The van der Waals surface area contributed by atoms with Crippen LogP contribution in [0.1, 0.15) is 25.7 Å². The lowest BCUT2D eigenvalue weighted by atomic mass is 9.86. The van der Waals surface area contributed by atoms with Gasteiger partial charge in [0.25, 0.3) is 0 Å². The van der Waals surface area contributed by atoms with Crippen LogP contribution in [0.25, 0.3) is 0 Å². The minimum Gasteiger partial charge on any atom is -0.383 e. The van der Waals surface area contributed by atoms with E-state index in [4.69, 9.17) is 4.74 Å². The van der Waals surface area contributed by atoms with Crippen LogP contribution >= 0.6 is 0 Å². The largest absolute Gasteiger partial charge is 0.383 e. The summed E-state index contributed by atoms with van der Waals surface area (Å²) in [5.41, 5.74) is 0.0666. The molecule has 1 spiro atoms. The predicted molar refractivity (Wildman–Crippen MR) is 89.8 cm³/mol. The molecule has 0 aromatic heterocycles. The Labute approximate surface area is 143 Å². The van der Waals surface area contributed by atoms with E-state index < -0.39 is 15.8 Å². The second-order valence-corrected chi connectivity index (χ2v) is 8.78. The van der Waals surface area contributed by atoms with Gasteiger partial charge < -0.3 is 4.74 Å². The fourth-order valence-corrected chi connectivity index (χ4v) is 5.58. The number of ether oxygens (including phenoxy) is 1. The second kappa shape index (κ2) is 6.71. The van der Waals surface area contributed by atoms with Crippen molar-refractivity contribution in [3.8, 4) is 0 Å². The summed E-state index contributed by atoms with van der Waals surface area (Å²) < 4.78 is 45.6. The van der Waals surface area contributed by atoms with Gasteiger partial charge in [-0.3, -0.25) is 4.90 Å². The van der Waals surface area contributed by atoms with E-state index in [1.54, 1.807) is 7.11 Å². The van der Waals surface area contributed by atoms with E-state index in [1.165, 1.54) is 22.5 Å². The van der Waals surface area contributed by atoms with E-state index >= 15 is 0 Å². The van der Waals surface area contributed by atoms with Crippen LogP contribution in [0.3, 0.4) is 0 Å². The van der Waals surface area contributed by atoms with Gasteiger partial charge in [-0.25, -0.2) is 12.8 Å². The number of rotatable bonds is 4. The molecule has 24 heavy (non-hydrogen) atoms. The first-order valence-electron chi connectivity index (χ1n) is 8.37. The molecule has 7 heteroatoms. The monoisotopic (exact) mass is 356 g/mol. The molecule has 2 fully saturated rings. The smallest absolute Gasteiger partial charge is 0.243 e. The van der Waals surface area contributed by atoms with Gasteiger partial charge in [0.1, 0.15) is 5.82 Å². The summed E-state index contributed by atoms with van der Waals surface area (Å²) in [7, 11) is 0.212. The highest BCUT2D eigenvalue weighted by Gasteiger charge is 2.47. The summed E-state index contributed by atoms with van der Waals surface area (Å²) in [4.78, 5) is 2.42. The Bertz CT molecular complexity index is 687. The number of hydrogen-bond acceptors (Lipinski definition) is 4. The molecule has 1 atom stereocenters. The molecule has 2 aliphatic rings. The number of methoxy groups -OCH3 is 1. The van der Waals surface area contributed by atoms with Crippen LogP contribution in [-0.4, -0.2) is 63.1 Å². The van der Waals surface area contributed by atoms with Crippen molar-refractivity contribution in [2.24, 2.45) is 0 Å². The van der Waals surface area contributed by atoms with E-state index in [2.05, 4.69) is 11.9 Å². The van der Waals surface area contributed by atoms with Gasteiger partial charge >= 0.3 is 0 Å². The van der Waals surface area contributed by atoms with Crippen molar-refractivity contribution in [2.45, 2.75) is 42.2 Å². The molecule has 1 aromatic rings. The van der Waals surface area contributed by atoms with E-state index in [-0.39, 0.29) is 10.4 Å². The fourth-order valence-electron chi connectivity index (χ4n) is 4.10. The van der Waals surface area contributed by atoms with Crippen molar-refractivity contribution in [1.82, 2.24) is 9.21 Å². The number of likely N-dealkylation sites (N-methyl/N-ethyl adjacent to an activating group) is 1. The summed E-state index contributed by atoms with van der Waals surface area (Å²) in [6, 6.07) is 5.65. The van der Waals surface area contributed by atoms with Crippen molar-refractivity contribution in [1.29, 1.82) is 0 Å². The van der Waals surface area contributed by atoms with E-state index in [0.717, 1.165) is 31.7 Å². The van der Waals surface area contributed by atoms with Crippen molar-refractivity contribution in [3.63, 3.8) is 0 Å². The Kier molecular flexibility index (Phi) is 4.97. The Morgan fingerprint density at radius 1 is 1.29 bits per heavy atom. The lowest BCUT2D eigenvalue weighted by Crippen LogP contribution is -2.53. The molecule has 134 valence electrons. The molecule has 2 saturated heterocycles. The molecular weight excluding hydrogens is 331 g/mol. The highest BCUT2D eigenvalue weighted by molar-refractivity contribution is 7.89. The fraction of sp³-hybridized carbons (Fsp3) is 0.647. The Morgan fingerprint density at radius 3 is 2.62 bits per heavy atom. The number of benzene rings is 1. The Hall–Kier alpha value is -1.02. The SMILES string of the molecule is COC[C@@H]1CCC2(CCN(S(=O)(=O)c3cccc(F)c3)CC2)N1C. The molecule has 1 aromatic carbocycles. The number of nitrogens with zero attached hydrogens (tertiary/aromatic N) is 2. The molecule has 5 nitrogen and oxygen atoms in total. The summed E-state index contributed by atoms with van der Waals surface area (Å²) in [5, 5.41) is 0. The second-order valence-electron chi connectivity index (χ2n) is 6.84. The standard InChI is InChI=1S/C17H25FN2O3S/c1-19-15(13-23-2)6-7-17(19)8-10-20(11-9-17)24(21,22)16-5-3-4-14(18)12-16/h3-5,12,15H,6-11,13H2,1-2H3/t15-/m0/s1. The zero-order chi connectivity index (χ0) is 17.4. The zero-order valence-electron chi connectivity index (χ0n) is 14.2. The van der Waals surface area contributed by atoms with Crippen molar-refractivity contribution < 1.29 is 17.5 Å². The van der Waals surface area contributed by atoms with Gasteiger partial charge in [-0.1, -0.05) is 6.07 Å². The minimum absolute atomic E-state index is 0.0375. The molecule has 3 rings (SSSR count). The first-order valence-corrected chi connectivity index (χ1v) is 9.81. The third-order valence-electron chi connectivity index (χ3n) is 5.68. The first-order chi connectivity index (χ1) is 11.4. The topological polar surface area (TPSA) is 49.9 Å². The Morgan fingerprint density at radius 2 is 2.00 bits per heavy atom. The number of sulfonamides is 1. The van der Waals surface area contributed by atoms with Gasteiger partial charge in [-0.2, -0.15) is 4.31 Å². The number of likely N-dealkylation sites (tertiary alicyclic amines) is 1. The maximum absolute atomic E-state index is 13.4. The van der Waals surface area contributed by atoms with E-state index in [9.17, 15) is 12.8 Å². The molecule has 0 bridgehead atoms. The molecule has 2 heterocycles. The Balaban J connectivity index is 1.71. The molecule has 0 aliphatic carbocycles. The van der Waals surface area contributed by atoms with E-state index in [0.29, 0.717) is 25.7 Å². The highest BCUT2D eigenvalue weighted by atomic mass is 32.2. The zero-order valence-corrected chi connectivity index (χ0v) is 15.1. The highest BCUT2D eigenvalue weighted by Crippen LogP contribution is 2.41. The lowest BCUT2D eigenvalue weighted by Gasteiger charge is -2.44. The van der Waals surface area contributed by atoms with Crippen LogP contribution in [-0.2, 0) is 14.8 Å². The molecule has 2 aliphatic heterocycles. The van der Waals surface area contributed by atoms with Crippen LogP contribution in [0.4, 0.5) is 4.39 Å². The van der Waals surface area contributed by atoms with Gasteiger partial charge in [0.15, 0.2) is 0 Å². The predicted octanol–water partition coefficient (Wildman–Crippen LogP) is 2.09. The van der Waals surface area contributed by atoms with Crippen LogP contribution in [0.15, 0.2) is 29.2 Å². The molecule has 0 N–H and O–H groups in total. The molecule has 0 saturated carbocycles. The van der Waals surface area contributed by atoms with Crippen LogP contribution in [0.2, 0.25) is 0 Å². The lowest BCUT2D eigenvalue weighted by molar-refractivity contribution is 0.0454. The summed E-state index contributed by atoms with van der Waals surface area (Å²) in [6.07, 6.45) is 3.77. The average molecular weight is 356 g/mol. The van der Waals surface area contributed by atoms with Crippen LogP contribution in [0, 0.1) is 5.82 Å². The van der Waals surface area contributed by atoms with Crippen molar-refractivity contribution >= 4 is 10.0 Å². The molecule has 0 radical (unpaired) electrons. The minimum atomic E-state index is -3.62. The number of piperidine rings is 1. The summed E-state index contributed by atoms with van der Waals surface area (Å²) in [6.45, 7) is 1.66. The van der Waals surface area contributed by atoms with E-state index in [1.807, 2.05) is 0 Å². The maximum atomic E-state index is 13.4. The molecular formula is C17H25FN2O3S. The van der Waals surface area contributed by atoms with Gasteiger partial charge in [0, 0.05) is 31.8 Å². The van der Waals surface area contributed by atoms with Gasteiger partial charge in [0.2, 0.25) is 10.0 Å². The van der Waals surface area contributed by atoms with Gasteiger partial charge in [-0.15, -0.1) is 0 Å². The van der Waals surface area contributed by atoms with Crippen LogP contribution in [0.5, 0.6) is 0 Å². The average Bonchev–Trinajstić information content (AvgIpc) is 2.85. The van der Waals surface area contributed by atoms with Crippen LogP contribution < -0.4 is 0 Å².